The summed E-state index contributed by atoms with van der Waals surface area (Å²) in [5.41, 5.74) is 0.714. The molecule has 2 aliphatic heterocycles. The van der Waals surface area contributed by atoms with Crippen LogP contribution in [0.5, 0.6) is 0 Å². The van der Waals surface area contributed by atoms with E-state index in [4.69, 9.17) is 20.9 Å². The van der Waals surface area contributed by atoms with Gasteiger partial charge in [0.15, 0.2) is 0 Å². The quantitative estimate of drug-likeness (QED) is 0.814. The highest BCUT2D eigenvalue weighted by Gasteiger charge is 2.34. The van der Waals surface area contributed by atoms with E-state index < -0.39 is 0 Å². The predicted octanol–water partition coefficient (Wildman–Crippen LogP) is 1.69. The van der Waals surface area contributed by atoms with Crippen LogP contribution in [0, 0.1) is 5.92 Å². The highest BCUT2D eigenvalue weighted by atomic mass is 35.5. The number of rotatable bonds is 5. The molecule has 2 atom stereocenters. The normalized spacial score (nSPS) is 21.9. The molecule has 9 heteroatoms. The van der Waals surface area contributed by atoms with E-state index in [1.807, 2.05) is 18.2 Å². The number of benzene rings is 1. The van der Waals surface area contributed by atoms with Crippen LogP contribution in [0.25, 0.3) is 11.4 Å². The summed E-state index contributed by atoms with van der Waals surface area (Å²) in [7, 11) is 0. The molecule has 0 radical (unpaired) electrons. The zero-order chi connectivity index (χ0) is 19.5. The number of amides is 2. The van der Waals surface area contributed by atoms with E-state index in [-0.39, 0.29) is 23.8 Å². The lowest BCUT2D eigenvalue weighted by molar-refractivity contribution is -0.133. The maximum atomic E-state index is 12.6. The second-order valence-electron chi connectivity index (χ2n) is 7.08. The average Bonchev–Trinajstić information content (AvgIpc) is 2.97. The minimum Gasteiger partial charge on any atom is -0.378 e. The molecule has 0 saturated carbocycles. The van der Waals surface area contributed by atoms with E-state index in [0.717, 1.165) is 0 Å². The third-order valence-electron chi connectivity index (χ3n) is 4.95. The van der Waals surface area contributed by atoms with E-state index in [1.165, 1.54) is 0 Å². The van der Waals surface area contributed by atoms with Gasteiger partial charge < -0.3 is 19.5 Å². The van der Waals surface area contributed by atoms with Gasteiger partial charge in [-0.2, -0.15) is 4.98 Å². The molecule has 8 nitrogen and oxygen atoms in total. The van der Waals surface area contributed by atoms with Crippen molar-refractivity contribution in [3.8, 4) is 11.4 Å². The van der Waals surface area contributed by atoms with E-state index in [9.17, 15) is 9.59 Å². The summed E-state index contributed by atoms with van der Waals surface area (Å²) in [5, 5.41) is 7.46. The molecule has 1 N–H and O–H groups in total. The summed E-state index contributed by atoms with van der Waals surface area (Å²) in [5.74, 6) is 0.609. The SMILES string of the molecule is O=C1N[C@@H]2COC[C@H]1CN(C(=O)CCCc1nc(-c3ccccc3Cl)no1)C2. The molecule has 2 saturated heterocycles. The number of aromatic nitrogens is 2. The molecule has 0 spiro atoms. The molecule has 2 aromatic rings. The molecule has 1 aromatic heterocycles. The predicted molar refractivity (Wildman–Crippen MR) is 101 cm³/mol. The molecule has 0 aliphatic carbocycles. The van der Waals surface area contributed by atoms with E-state index in [0.29, 0.717) is 67.9 Å². The van der Waals surface area contributed by atoms with Crippen LogP contribution in [0.15, 0.2) is 28.8 Å². The van der Waals surface area contributed by atoms with Crippen LogP contribution < -0.4 is 5.32 Å². The number of aryl methyl sites for hydroxylation is 1. The van der Waals surface area contributed by atoms with Gasteiger partial charge >= 0.3 is 0 Å². The Morgan fingerprint density at radius 1 is 1.29 bits per heavy atom. The molecule has 0 unspecified atom stereocenters. The molecule has 148 valence electrons. The van der Waals surface area contributed by atoms with Crippen LogP contribution in [0.1, 0.15) is 18.7 Å². The number of hydrogen-bond acceptors (Lipinski definition) is 6. The topological polar surface area (TPSA) is 97.6 Å². The first kappa shape index (κ1) is 18.9. The maximum absolute atomic E-state index is 12.6. The Balaban J connectivity index is 1.31. The molecule has 2 amide bonds. The van der Waals surface area contributed by atoms with Gasteiger partial charge in [0.1, 0.15) is 0 Å². The van der Waals surface area contributed by atoms with Crippen molar-refractivity contribution in [1.29, 1.82) is 0 Å². The molecule has 28 heavy (non-hydrogen) atoms. The summed E-state index contributed by atoms with van der Waals surface area (Å²) < 4.78 is 10.8. The van der Waals surface area contributed by atoms with Gasteiger partial charge in [-0.3, -0.25) is 9.59 Å². The molecular formula is C19H21ClN4O4. The largest absolute Gasteiger partial charge is 0.378 e. The molecule has 3 heterocycles. The van der Waals surface area contributed by atoms with Crippen molar-refractivity contribution in [3.63, 3.8) is 0 Å². The highest BCUT2D eigenvalue weighted by Crippen LogP contribution is 2.25. The highest BCUT2D eigenvalue weighted by molar-refractivity contribution is 6.33. The fraction of sp³-hybridized carbons (Fsp3) is 0.474. The van der Waals surface area contributed by atoms with Crippen molar-refractivity contribution in [2.24, 2.45) is 5.92 Å². The molecular weight excluding hydrogens is 384 g/mol. The Morgan fingerprint density at radius 3 is 3.00 bits per heavy atom. The lowest BCUT2D eigenvalue weighted by atomic mass is 10.1. The Kier molecular flexibility index (Phi) is 5.59. The molecule has 2 aliphatic rings. The number of carbonyl (C=O) groups is 2. The first-order chi connectivity index (χ1) is 13.6. The second kappa shape index (κ2) is 8.28. The van der Waals surface area contributed by atoms with Crippen molar-refractivity contribution in [1.82, 2.24) is 20.4 Å². The summed E-state index contributed by atoms with van der Waals surface area (Å²) in [6, 6.07) is 7.16. The number of nitrogens with zero attached hydrogens (tertiary/aromatic N) is 3. The first-order valence-corrected chi connectivity index (χ1v) is 9.71. The smallest absolute Gasteiger partial charge is 0.227 e. The number of halogens is 1. The van der Waals surface area contributed by atoms with Crippen LogP contribution in [0.3, 0.4) is 0 Å². The van der Waals surface area contributed by atoms with Crippen LogP contribution in [-0.4, -0.2) is 59.2 Å². The number of fused-ring (bicyclic) bond motifs is 3. The van der Waals surface area contributed by atoms with Crippen LogP contribution >= 0.6 is 11.6 Å². The van der Waals surface area contributed by atoms with Crippen molar-refractivity contribution in [2.75, 3.05) is 26.3 Å². The zero-order valence-corrected chi connectivity index (χ0v) is 16.0. The van der Waals surface area contributed by atoms with Crippen molar-refractivity contribution >= 4 is 23.4 Å². The minimum atomic E-state index is -0.300. The summed E-state index contributed by atoms with van der Waals surface area (Å²) in [4.78, 5) is 30.8. The van der Waals surface area contributed by atoms with Crippen LogP contribution in [-0.2, 0) is 20.7 Å². The average molecular weight is 405 g/mol. The Hall–Kier alpha value is -2.45. The van der Waals surface area contributed by atoms with E-state index >= 15 is 0 Å². The van der Waals surface area contributed by atoms with Gasteiger partial charge in [-0.15, -0.1) is 0 Å². The van der Waals surface area contributed by atoms with Crippen LogP contribution in [0.4, 0.5) is 0 Å². The first-order valence-electron chi connectivity index (χ1n) is 9.33. The van der Waals surface area contributed by atoms with Crippen molar-refractivity contribution in [2.45, 2.75) is 25.3 Å². The number of nitrogens with one attached hydrogen (secondary N) is 1. The standard InChI is InChI=1S/C19H21ClN4O4/c20-15-5-2-1-4-14(15)18-22-16(28-23-18)6-3-7-17(25)24-8-12-10-27-11-13(9-24)21-19(12)26/h1-2,4-5,12-13H,3,6-11H2,(H,21,26)/t12-,13+/m1/s1. The van der Waals surface area contributed by atoms with Gasteiger partial charge in [0.05, 0.1) is 30.2 Å². The zero-order valence-electron chi connectivity index (χ0n) is 15.3. The summed E-state index contributed by atoms with van der Waals surface area (Å²) >= 11 is 6.15. The Morgan fingerprint density at radius 2 is 2.14 bits per heavy atom. The molecule has 4 rings (SSSR count). The van der Waals surface area contributed by atoms with Gasteiger partial charge in [0.25, 0.3) is 0 Å². The summed E-state index contributed by atoms with van der Waals surface area (Å²) in [6.45, 7) is 1.69. The summed E-state index contributed by atoms with van der Waals surface area (Å²) in [6.07, 6.45) is 1.45. The third kappa shape index (κ3) is 4.18. The van der Waals surface area contributed by atoms with Gasteiger partial charge in [-0.25, -0.2) is 0 Å². The lowest BCUT2D eigenvalue weighted by Gasteiger charge is -2.27. The molecule has 2 fully saturated rings. The third-order valence-corrected chi connectivity index (χ3v) is 5.28. The number of hydrogen-bond donors (Lipinski definition) is 1. The van der Waals surface area contributed by atoms with Gasteiger partial charge in [0.2, 0.25) is 23.5 Å². The molecule has 1 aromatic carbocycles. The number of carbonyl (C=O) groups excluding carboxylic acids is 2. The van der Waals surface area contributed by atoms with Crippen molar-refractivity contribution < 1.29 is 18.8 Å². The van der Waals surface area contributed by atoms with Crippen LogP contribution in [0.2, 0.25) is 5.02 Å². The van der Waals surface area contributed by atoms with Crippen molar-refractivity contribution in [3.05, 3.63) is 35.2 Å². The number of ether oxygens (including phenoxy) is 1. The lowest BCUT2D eigenvalue weighted by Crippen LogP contribution is -2.44. The Labute approximate surface area is 167 Å². The maximum Gasteiger partial charge on any atom is 0.227 e. The fourth-order valence-corrected chi connectivity index (χ4v) is 3.71. The fourth-order valence-electron chi connectivity index (χ4n) is 3.49. The Bertz CT molecular complexity index is 871. The second-order valence-corrected chi connectivity index (χ2v) is 7.49. The molecule has 2 bridgehead atoms. The van der Waals surface area contributed by atoms with E-state index in [2.05, 4.69) is 15.5 Å². The monoisotopic (exact) mass is 404 g/mol. The van der Waals surface area contributed by atoms with E-state index in [1.54, 1.807) is 11.0 Å². The van der Waals surface area contributed by atoms with Gasteiger partial charge in [-0.05, 0) is 18.6 Å². The minimum absolute atomic E-state index is 0.0271. The van der Waals surface area contributed by atoms with Gasteiger partial charge in [-0.1, -0.05) is 28.9 Å². The van der Waals surface area contributed by atoms with Gasteiger partial charge in [0, 0.05) is 31.5 Å².